The summed E-state index contributed by atoms with van der Waals surface area (Å²) < 4.78 is 8.87. The lowest BCUT2D eigenvalue weighted by Gasteiger charge is -2.26. The van der Waals surface area contributed by atoms with Crippen LogP contribution in [0.15, 0.2) is 47.8 Å². The summed E-state index contributed by atoms with van der Waals surface area (Å²) in [6.07, 6.45) is 5.43. The van der Waals surface area contributed by atoms with E-state index in [0.29, 0.717) is 6.54 Å². The first kappa shape index (κ1) is 16.2. The van der Waals surface area contributed by atoms with E-state index >= 15 is 0 Å². The largest absolute Gasteiger partial charge is 0.379 e. The highest BCUT2D eigenvalue weighted by atomic mass is 32.1. The van der Waals surface area contributed by atoms with Crippen molar-refractivity contribution in [2.75, 3.05) is 32.8 Å². The summed E-state index contributed by atoms with van der Waals surface area (Å²) in [6.45, 7) is 4.74. The molecule has 1 aliphatic rings. The number of nitrogens with zero attached hydrogens (tertiary/aromatic N) is 5. The normalized spacial score (nSPS) is 15.5. The van der Waals surface area contributed by atoms with Gasteiger partial charge >= 0.3 is 0 Å². The van der Waals surface area contributed by atoms with Crippen LogP contribution in [0.1, 0.15) is 0 Å². The van der Waals surface area contributed by atoms with Gasteiger partial charge in [0, 0.05) is 38.1 Å². The second-order valence-electron chi connectivity index (χ2n) is 5.84. The van der Waals surface area contributed by atoms with E-state index in [1.54, 1.807) is 40.7 Å². The highest BCUT2D eigenvalue weighted by Gasteiger charge is 2.12. The zero-order valence-corrected chi connectivity index (χ0v) is 14.6. The van der Waals surface area contributed by atoms with Crippen LogP contribution in [0.3, 0.4) is 0 Å². The maximum absolute atomic E-state index is 12.1. The molecule has 0 unspecified atom stereocenters. The molecule has 1 saturated heterocycles. The Balaban J connectivity index is 1.52. The van der Waals surface area contributed by atoms with Crippen LogP contribution in [0.2, 0.25) is 0 Å². The standard InChI is InChI=1S/C17H19N5O2S/c23-16-3-1-14(15-2-4-17(25-15)21-6-5-18-13-21)19-22(16)8-7-20-9-11-24-12-10-20/h1-6,13H,7-12H2. The van der Waals surface area contributed by atoms with Gasteiger partial charge in [0.05, 0.1) is 31.0 Å². The van der Waals surface area contributed by atoms with Gasteiger partial charge in [-0.3, -0.25) is 14.3 Å². The highest BCUT2D eigenvalue weighted by molar-refractivity contribution is 7.17. The van der Waals surface area contributed by atoms with Crippen molar-refractivity contribution in [3.05, 3.63) is 53.3 Å². The van der Waals surface area contributed by atoms with E-state index in [-0.39, 0.29) is 5.56 Å². The zero-order valence-electron chi connectivity index (χ0n) is 13.7. The Bertz CT molecular complexity index is 881. The molecule has 8 heteroatoms. The molecule has 0 radical (unpaired) electrons. The van der Waals surface area contributed by atoms with Crippen molar-refractivity contribution in [1.82, 2.24) is 24.2 Å². The first-order chi connectivity index (χ1) is 12.3. The molecule has 1 aliphatic heterocycles. The third-order valence-electron chi connectivity index (χ3n) is 4.20. The molecular weight excluding hydrogens is 338 g/mol. The van der Waals surface area contributed by atoms with E-state index < -0.39 is 0 Å². The predicted octanol–water partition coefficient (Wildman–Crippen LogP) is 1.49. The lowest BCUT2D eigenvalue weighted by molar-refractivity contribution is 0.0358. The number of morpholine rings is 1. The minimum atomic E-state index is -0.0663. The maximum Gasteiger partial charge on any atom is 0.266 e. The van der Waals surface area contributed by atoms with E-state index in [1.807, 2.05) is 22.9 Å². The van der Waals surface area contributed by atoms with Crippen molar-refractivity contribution < 1.29 is 4.74 Å². The minimum Gasteiger partial charge on any atom is -0.379 e. The molecule has 130 valence electrons. The van der Waals surface area contributed by atoms with Crippen molar-refractivity contribution in [3.8, 4) is 15.6 Å². The molecule has 0 bridgehead atoms. The zero-order chi connectivity index (χ0) is 17.1. The summed E-state index contributed by atoms with van der Waals surface area (Å²) in [5.74, 6) is 0. The summed E-state index contributed by atoms with van der Waals surface area (Å²) in [6, 6.07) is 7.45. The molecule has 0 saturated carbocycles. The molecule has 4 rings (SSSR count). The molecule has 7 nitrogen and oxygen atoms in total. The highest BCUT2D eigenvalue weighted by Crippen LogP contribution is 2.28. The first-order valence-corrected chi connectivity index (χ1v) is 9.08. The second-order valence-corrected chi connectivity index (χ2v) is 6.90. The number of aromatic nitrogens is 4. The van der Waals surface area contributed by atoms with Crippen LogP contribution in [-0.4, -0.2) is 57.1 Å². The number of hydrogen-bond donors (Lipinski definition) is 0. The molecule has 0 aromatic carbocycles. The topological polar surface area (TPSA) is 65.2 Å². The van der Waals surface area contributed by atoms with Gasteiger partial charge < -0.3 is 4.74 Å². The van der Waals surface area contributed by atoms with Crippen molar-refractivity contribution in [2.45, 2.75) is 6.54 Å². The Kier molecular flexibility index (Phi) is 4.73. The van der Waals surface area contributed by atoms with Gasteiger partial charge in [0.1, 0.15) is 10.7 Å². The quantitative estimate of drug-likeness (QED) is 0.692. The average Bonchev–Trinajstić information content (AvgIpc) is 3.33. The summed E-state index contributed by atoms with van der Waals surface area (Å²) in [5, 5.41) is 5.62. The molecule has 0 N–H and O–H groups in total. The molecule has 25 heavy (non-hydrogen) atoms. The SMILES string of the molecule is O=c1ccc(-c2ccc(-n3ccnc3)s2)nn1CCN1CCOCC1. The van der Waals surface area contributed by atoms with Gasteiger partial charge in [0.25, 0.3) is 5.56 Å². The Morgan fingerprint density at radius 2 is 2.00 bits per heavy atom. The van der Waals surface area contributed by atoms with Crippen LogP contribution in [0, 0.1) is 0 Å². The Hall–Kier alpha value is -2.29. The molecule has 0 atom stereocenters. The lowest BCUT2D eigenvalue weighted by atomic mass is 10.3. The third kappa shape index (κ3) is 3.71. The van der Waals surface area contributed by atoms with Crippen LogP contribution in [0.5, 0.6) is 0 Å². The minimum absolute atomic E-state index is 0.0663. The van der Waals surface area contributed by atoms with Crippen LogP contribution in [-0.2, 0) is 11.3 Å². The molecule has 0 amide bonds. The molecule has 0 spiro atoms. The van der Waals surface area contributed by atoms with Gasteiger partial charge in [-0.15, -0.1) is 11.3 Å². The molecule has 3 aromatic rings. The van der Waals surface area contributed by atoms with E-state index in [0.717, 1.165) is 48.4 Å². The molecule has 0 aliphatic carbocycles. The average molecular weight is 357 g/mol. The van der Waals surface area contributed by atoms with Gasteiger partial charge in [0.15, 0.2) is 0 Å². The van der Waals surface area contributed by atoms with Crippen LogP contribution in [0.25, 0.3) is 15.6 Å². The summed E-state index contributed by atoms with van der Waals surface area (Å²) in [4.78, 5) is 19.5. The summed E-state index contributed by atoms with van der Waals surface area (Å²) >= 11 is 1.62. The van der Waals surface area contributed by atoms with Crippen molar-refractivity contribution >= 4 is 11.3 Å². The van der Waals surface area contributed by atoms with E-state index in [2.05, 4.69) is 15.0 Å². The fourth-order valence-electron chi connectivity index (χ4n) is 2.80. The number of ether oxygens (including phenoxy) is 1. The Labute approximate surface area is 149 Å². The summed E-state index contributed by atoms with van der Waals surface area (Å²) in [5.41, 5.74) is 0.751. The molecule has 1 fully saturated rings. The van der Waals surface area contributed by atoms with Crippen LogP contribution in [0.4, 0.5) is 0 Å². The maximum atomic E-state index is 12.1. The van der Waals surface area contributed by atoms with Gasteiger partial charge in [0.2, 0.25) is 0 Å². The second kappa shape index (κ2) is 7.30. The third-order valence-corrected chi connectivity index (χ3v) is 5.32. The van der Waals surface area contributed by atoms with Gasteiger partial charge in [-0.25, -0.2) is 9.67 Å². The Morgan fingerprint density at radius 1 is 1.12 bits per heavy atom. The Morgan fingerprint density at radius 3 is 2.80 bits per heavy atom. The molecular formula is C17H19N5O2S. The van der Waals surface area contributed by atoms with Crippen molar-refractivity contribution in [1.29, 1.82) is 0 Å². The fraction of sp³-hybridized carbons (Fsp3) is 0.353. The summed E-state index contributed by atoms with van der Waals surface area (Å²) in [7, 11) is 0. The molecule has 4 heterocycles. The lowest BCUT2D eigenvalue weighted by Crippen LogP contribution is -2.39. The molecule has 3 aromatic heterocycles. The van der Waals surface area contributed by atoms with Gasteiger partial charge in [-0.05, 0) is 18.2 Å². The van der Waals surface area contributed by atoms with E-state index in [4.69, 9.17) is 4.74 Å². The fourth-order valence-corrected chi connectivity index (χ4v) is 3.72. The van der Waals surface area contributed by atoms with E-state index in [9.17, 15) is 4.79 Å². The number of thiophene rings is 1. The monoisotopic (exact) mass is 357 g/mol. The predicted molar refractivity (Wildman–Crippen MR) is 96.2 cm³/mol. The number of rotatable bonds is 5. The van der Waals surface area contributed by atoms with Crippen LogP contribution >= 0.6 is 11.3 Å². The number of imidazole rings is 1. The van der Waals surface area contributed by atoms with Gasteiger partial charge in [-0.1, -0.05) is 0 Å². The van der Waals surface area contributed by atoms with Crippen LogP contribution < -0.4 is 5.56 Å². The van der Waals surface area contributed by atoms with Crippen molar-refractivity contribution in [3.63, 3.8) is 0 Å². The van der Waals surface area contributed by atoms with E-state index in [1.165, 1.54) is 0 Å². The smallest absolute Gasteiger partial charge is 0.266 e. The van der Waals surface area contributed by atoms with Gasteiger partial charge in [-0.2, -0.15) is 5.10 Å². The number of hydrogen-bond acceptors (Lipinski definition) is 6. The van der Waals surface area contributed by atoms with Crippen molar-refractivity contribution in [2.24, 2.45) is 0 Å². The first-order valence-electron chi connectivity index (χ1n) is 8.26.